The molecule has 1 fully saturated rings. The molecular weight excluding hydrogens is 536 g/mol. The van der Waals surface area contributed by atoms with E-state index in [9.17, 15) is 9.59 Å². The van der Waals surface area contributed by atoms with Crippen LogP contribution in [0, 0.1) is 0 Å². The van der Waals surface area contributed by atoms with E-state index in [2.05, 4.69) is 37.0 Å². The molecule has 0 saturated carbocycles. The van der Waals surface area contributed by atoms with Gasteiger partial charge >= 0.3 is 0 Å². The van der Waals surface area contributed by atoms with Gasteiger partial charge in [-0.15, -0.1) is 0 Å². The molecule has 1 aromatic carbocycles. The fourth-order valence-electron chi connectivity index (χ4n) is 4.73. The summed E-state index contributed by atoms with van der Waals surface area (Å²) in [6, 6.07) is 8.15. The Kier molecular flexibility index (Phi) is 6.48. The highest BCUT2D eigenvalue weighted by Crippen LogP contribution is 2.33. The van der Waals surface area contributed by atoms with Crippen LogP contribution in [0.15, 0.2) is 61.8 Å². The number of nitrogen functional groups attached to an aromatic ring is 1. The lowest BCUT2D eigenvalue weighted by Gasteiger charge is -2.32. The second-order valence-corrected chi connectivity index (χ2v) is 9.57. The summed E-state index contributed by atoms with van der Waals surface area (Å²) in [5.41, 5.74) is 7.70. The quantitative estimate of drug-likeness (QED) is 0.297. The molecule has 1 saturated heterocycles. The number of likely N-dealkylation sites (tertiary alicyclic amines) is 1. The molecular formula is C26H23ClN10O3. The molecule has 202 valence electrons. The van der Waals surface area contributed by atoms with E-state index >= 15 is 0 Å². The molecule has 1 aliphatic heterocycles. The van der Waals surface area contributed by atoms with Crippen molar-refractivity contribution < 1.29 is 14.3 Å². The maximum Gasteiger partial charge on any atom is 0.277 e. The Hall–Kier alpha value is -5.04. The number of rotatable bonds is 6. The molecule has 5 aromatic rings. The zero-order valence-electron chi connectivity index (χ0n) is 21.1. The smallest absolute Gasteiger partial charge is 0.277 e. The van der Waals surface area contributed by atoms with E-state index < -0.39 is 5.91 Å². The summed E-state index contributed by atoms with van der Waals surface area (Å²) in [5, 5.41) is 12.1. The number of nitrogens with one attached hydrogen (secondary N) is 1. The van der Waals surface area contributed by atoms with Crippen LogP contribution in [0.25, 0.3) is 16.7 Å². The average molecular weight is 559 g/mol. The maximum atomic E-state index is 13.4. The van der Waals surface area contributed by atoms with Gasteiger partial charge in [0.25, 0.3) is 5.91 Å². The van der Waals surface area contributed by atoms with Crippen molar-refractivity contribution in [1.29, 1.82) is 0 Å². The fourth-order valence-corrected chi connectivity index (χ4v) is 4.95. The lowest BCUT2D eigenvalue weighted by Crippen LogP contribution is -2.40. The number of hydrogen-bond acceptors (Lipinski definition) is 9. The number of amides is 2. The van der Waals surface area contributed by atoms with Gasteiger partial charge in [0.2, 0.25) is 5.91 Å². The van der Waals surface area contributed by atoms with Crippen LogP contribution in [0.3, 0.4) is 0 Å². The number of ether oxygens (including phenoxy) is 1. The summed E-state index contributed by atoms with van der Waals surface area (Å²) in [6.07, 6.45) is 7.31. The Labute approximate surface area is 232 Å². The van der Waals surface area contributed by atoms with Gasteiger partial charge in [-0.2, -0.15) is 10.2 Å². The lowest BCUT2D eigenvalue weighted by atomic mass is 10.1. The molecule has 13 nitrogen and oxygen atoms in total. The molecule has 0 radical (unpaired) electrons. The fraction of sp³-hybridized carbons (Fsp3) is 0.192. The molecule has 5 heterocycles. The van der Waals surface area contributed by atoms with Gasteiger partial charge in [0, 0.05) is 31.0 Å². The summed E-state index contributed by atoms with van der Waals surface area (Å²) < 4.78 is 9.17. The molecule has 3 N–H and O–H groups in total. The van der Waals surface area contributed by atoms with Gasteiger partial charge in [0.05, 0.1) is 16.5 Å². The molecule has 6 rings (SSSR count). The second-order valence-electron chi connectivity index (χ2n) is 9.16. The van der Waals surface area contributed by atoms with Crippen molar-refractivity contribution in [2.45, 2.75) is 18.9 Å². The Morgan fingerprint density at radius 2 is 2.05 bits per heavy atom. The van der Waals surface area contributed by atoms with Gasteiger partial charge in [0.1, 0.15) is 30.0 Å². The molecule has 40 heavy (non-hydrogen) atoms. The number of aromatic nitrogens is 7. The number of pyridine rings is 1. The minimum atomic E-state index is -0.512. The molecule has 0 bridgehead atoms. The van der Waals surface area contributed by atoms with Gasteiger partial charge in [-0.3, -0.25) is 9.59 Å². The van der Waals surface area contributed by atoms with E-state index in [1.165, 1.54) is 18.7 Å². The topological polar surface area (TPSA) is 158 Å². The van der Waals surface area contributed by atoms with E-state index in [1.807, 2.05) is 0 Å². The predicted octanol–water partition coefficient (Wildman–Crippen LogP) is 3.50. The maximum absolute atomic E-state index is 13.4. The highest BCUT2D eigenvalue weighted by atomic mass is 35.5. The summed E-state index contributed by atoms with van der Waals surface area (Å²) in [6.45, 7) is 4.61. The van der Waals surface area contributed by atoms with Crippen LogP contribution in [0.5, 0.6) is 11.5 Å². The van der Waals surface area contributed by atoms with Crippen LogP contribution >= 0.6 is 11.6 Å². The van der Waals surface area contributed by atoms with Gasteiger partial charge < -0.3 is 20.7 Å². The van der Waals surface area contributed by atoms with E-state index in [0.29, 0.717) is 47.0 Å². The van der Waals surface area contributed by atoms with Gasteiger partial charge in [0.15, 0.2) is 17.0 Å². The SMILES string of the molecule is C=CC(=O)N1CCC[C@@H](n2nc(C(=O)Nc3ccc(Oc4ccn5ncnc5c4)c(Cl)c3)c3c(N)ncnc32)C1. The molecule has 0 unspecified atom stereocenters. The van der Waals surface area contributed by atoms with Crippen LogP contribution in [0.4, 0.5) is 11.5 Å². The standard InChI is InChI=1S/C26H23ClN10O3/c1-2-21(38)35-8-3-4-16(12-35)37-25-22(24(28)30-13-31-25)23(34-37)26(39)33-15-5-6-19(18(27)10-15)40-17-7-9-36-20(11-17)29-14-32-36/h2,5-7,9-11,13-14,16H,1,3-4,8,12H2,(H,33,39)(H2,28,30,31)/t16-/m1/s1. The van der Waals surface area contributed by atoms with Gasteiger partial charge in [-0.05, 0) is 43.2 Å². The monoisotopic (exact) mass is 558 g/mol. The lowest BCUT2D eigenvalue weighted by molar-refractivity contribution is -0.127. The van der Waals surface area contributed by atoms with Gasteiger partial charge in [-0.25, -0.2) is 24.1 Å². The van der Waals surface area contributed by atoms with Crippen LogP contribution in [-0.4, -0.2) is 64.2 Å². The molecule has 0 spiro atoms. The van der Waals surface area contributed by atoms with Crippen molar-refractivity contribution in [3.63, 3.8) is 0 Å². The number of hydrogen-bond donors (Lipinski definition) is 2. The number of benzene rings is 1. The minimum Gasteiger partial charge on any atom is -0.456 e. The van der Waals surface area contributed by atoms with Crippen molar-refractivity contribution in [3.05, 3.63) is 72.6 Å². The first-order valence-corrected chi connectivity index (χ1v) is 12.8. The van der Waals surface area contributed by atoms with Crippen molar-refractivity contribution in [2.24, 2.45) is 0 Å². The number of nitrogens with zero attached hydrogens (tertiary/aromatic N) is 8. The Morgan fingerprint density at radius 3 is 2.88 bits per heavy atom. The molecule has 4 aromatic heterocycles. The summed E-state index contributed by atoms with van der Waals surface area (Å²) >= 11 is 6.47. The van der Waals surface area contributed by atoms with Crippen LogP contribution < -0.4 is 15.8 Å². The van der Waals surface area contributed by atoms with Crippen molar-refractivity contribution in [1.82, 2.24) is 39.2 Å². The highest BCUT2D eigenvalue weighted by Gasteiger charge is 2.29. The first-order chi connectivity index (χ1) is 19.4. The van der Waals surface area contributed by atoms with E-state index in [-0.39, 0.29) is 28.5 Å². The van der Waals surface area contributed by atoms with Gasteiger partial charge in [-0.1, -0.05) is 18.2 Å². The van der Waals surface area contributed by atoms with E-state index in [0.717, 1.165) is 12.8 Å². The molecule has 2 amide bonds. The minimum absolute atomic E-state index is 0.0679. The van der Waals surface area contributed by atoms with Crippen molar-refractivity contribution >= 4 is 51.6 Å². The number of carbonyl (C=O) groups is 2. The second kappa shape index (κ2) is 10.3. The third-order valence-electron chi connectivity index (χ3n) is 6.63. The molecule has 0 aliphatic carbocycles. The third kappa shape index (κ3) is 4.66. The van der Waals surface area contributed by atoms with Crippen LogP contribution in [-0.2, 0) is 4.79 Å². The highest BCUT2D eigenvalue weighted by molar-refractivity contribution is 6.32. The molecule has 14 heteroatoms. The summed E-state index contributed by atoms with van der Waals surface area (Å²) in [5.74, 6) is 0.385. The normalized spacial score (nSPS) is 15.3. The van der Waals surface area contributed by atoms with Crippen molar-refractivity contribution in [2.75, 3.05) is 24.1 Å². The number of halogens is 1. The number of piperidine rings is 1. The van der Waals surface area contributed by atoms with Crippen LogP contribution in [0.2, 0.25) is 5.02 Å². The first-order valence-electron chi connectivity index (χ1n) is 12.4. The predicted molar refractivity (Wildman–Crippen MR) is 147 cm³/mol. The number of carbonyl (C=O) groups excluding carboxylic acids is 2. The first kappa shape index (κ1) is 25.2. The Morgan fingerprint density at radius 1 is 1.18 bits per heavy atom. The van der Waals surface area contributed by atoms with E-state index in [1.54, 1.807) is 50.6 Å². The molecule has 1 aliphatic rings. The average Bonchev–Trinajstić information content (AvgIpc) is 3.59. The number of anilines is 2. The Balaban J connectivity index is 1.25. The zero-order chi connectivity index (χ0) is 27.8. The van der Waals surface area contributed by atoms with Crippen molar-refractivity contribution in [3.8, 4) is 11.5 Å². The number of nitrogens with two attached hydrogens (primary N) is 1. The Bertz CT molecular complexity index is 1780. The zero-order valence-corrected chi connectivity index (χ0v) is 21.8. The summed E-state index contributed by atoms with van der Waals surface area (Å²) in [4.78, 5) is 39.9. The molecule has 1 atom stereocenters. The third-order valence-corrected chi connectivity index (χ3v) is 6.93. The summed E-state index contributed by atoms with van der Waals surface area (Å²) in [7, 11) is 0. The van der Waals surface area contributed by atoms with Crippen LogP contribution in [0.1, 0.15) is 29.4 Å². The largest absolute Gasteiger partial charge is 0.456 e. The van der Waals surface area contributed by atoms with E-state index in [4.69, 9.17) is 22.1 Å². The number of fused-ring (bicyclic) bond motifs is 2.